The molecule has 0 amide bonds. The summed E-state index contributed by atoms with van der Waals surface area (Å²) in [6.45, 7) is 0. The summed E-state index contributed by atoms with van der Waals surface area (Å²) in [5, 5.41) is 10.0. The molecular weight excluding hydrogens is 260 g/mol. The first-order valence-corrected chi connectivity index (χ1v) is 6.73. The molecule has 0 spiro atoms. The molecule has 1 unspecified atom stereocenters. The van der Waals surface area contributed by atoms with Crippen molar-refractivity contribution in [2.45, 2.75) is 5.92 Å². The van der Waals surface area contributed by atoms with Crippen molar-refractivity contribution in [1.82, 2.24) is 4.98 Å². The number of nitrogens with zero attached hydrogens (tertiary/aromatic N) is 1. The van der Waals surface area contributed by atoms with Gasteiger partial charge in [0.15, 0.2) is 6.29 Å². The van der Waals surface area contributed by atoms with Crippen LogP contribution in [0.25, 0.3) is 10.8 Å². The zero-order chi connectivity index (χ0) is 14.7. The van der Waals surface area contributed by atoms with E-state index in [2.05, 4.69) is 4.98 Å². The topological polar surface area (TPSA) is 53.8 Å². The van der Waals surface area contributed by atoms with Crippen LogP contribution in [-0.2, 0) is 0 Å². The molecule has 1 atom stereocenters. The molecule has 0 aliphatic rings. The fourth-order valence-corrected chi connectivity index (χ4v) is 2.66. The Morgan fingerprint density at radius 2 is 1.71 bits per heavy atom. The van der Waals surface area contributed by atoms with Gasteiger partial charge in [-0.3, -0.25) is 9.78 Å². The smallest absolute Gasteiger partial charge is 0.168 e. The van der Waals surface area contributed by atoms with Crippen LogP contribution in [0.2, 0.25) is 0 Å². The molecule has 0 fully saturated rings. The largest absolute Gasteiger partial charge is 0.312 e. The number of aldehydes is 1. The van der Waals surface area contributed by atoms with Crippen molar-refractivity contribution in [2.24, 2.45) is 0 Å². The first-order valence-electron chi connectivity index (χ1n) is 6.73. The monoisotopic (exact) mass is 274 g/mol. The summed E-state index contributed by atoms with van der Waals surface area (Å²) in [6.07, 6.45) is 3.71. The predicted octanol–water partition coefficient (Wildman–Crippen LogP) is 3.83. The van der Waals surface area contributed by atoms with Crippen LogP contribution in [0.15, 0.2) is 60.8 Å². The van der Waals surface area contributed by atoms with Gasteiger partial charge in [0.2, 0.25) is 0 Å². The maximum absolute atomic E-state index is 11.2. The molecule has 0 aliphatic heterocycles. The number of nitrogens with one attached hydrogen (secondary N) is 1. The Kier molecular flexibility index (Phi) is 3.56. The quantitative estimate of drug-likeness (QED) is 0.580. The van der Waals surface area contributed by atoms with Gasteiger partial charge in [-0.1, -0.05) is 48.5 Å². The van der Waals surface area contributed by atoms with Crippen molar-refractivity contribution < 1.29 is 4.79 Å². The Morgan fingerprint density at radius 1 is 0.952 bits per heavy atom. The minimum atomic E-state index is -0.273. The maximum atomic E-state index is 11.2. The lowest BCUT2D eigenvalue weighted by Gasteiger charge is -2.16. The summed E-state index contributed by atoms with van der Waals surface area (Å²) in [4.78, 5) is 15.3. The van der Waals surface area contributed by atoms with Gasteiger partial charge in [0, 0.05) is 18.3 Å². The van der Waals surface area contributed by atoms with Gasteiger partial charge in [0.1, 0.15) is 5.69 Å². The lowest BCUT2D eigenvalue weighted by atomic mass is 9.88. The van der Waals surface area contributed by atoms with Gasteiger partial charge in [0.05, 0.1) is 0 Å². The van der Waals surface area contributed by atoms with Crippen molar-refractivity contribution in [3.63, 3.8) is 0 Å². The van der Waals surface area contributed by atoms with Crippen LogP contribution in [0.1, 0.15) is 27.5 Å². The van der Waals surface area contributed by atoms with Gasteiger partial charge >= 0.3 is 0 Å². The van der Waals surface area contributed by atoms with Crippen LogP contribution < -0.4 is 0 Å². The normalized spacial score (nSPS) is 12.0. The van der Waals surface area contributed by atoms with E-state index >= 15 is 0 Å². The summed E-state index contributed by atoms with van der Waals surface area (Å²) in [7, 11) is 0. The van der Waals surface area contributed by atoms with Crippen LogP contribution in [-0.4, -0.2) is 17.5 Å². The lowest BCUT2D eigenvalue weighted by Crippen LogP contribution is -2.07. The Balaban J connectivity index is 2.23. The maximum Gasteiger partial charge on any atom is 0.168 e. The molecule has 3 rings (SSSR count). The highest BCUT2D eigenvalue weighted by Gasteiger charge is 2.17. The van der Waals surface area contributed by atoms with Crippen molar-refractivity contribution in [3.8, 4) is 0 Å². The number of hydrogen-bond donors (Lipinski definition) is 1. The molecule has 0 saturated heterocycles. The molecule has 3 nitrogen and oxygen atoms in total. The number of rotatable bonds is 4. The molecule has 0 aliphatic carbocycles. The Hall–Kier alpha value is -2.81. The Morgan fingerprint density at radius 3 is 2.52 bits per heavy atom. The number of fused-ring (bicyclic) bond motifs is 1. The molecule has 102 valence electrons. The highest BCUT2D eigenvalue weighted by atomic mass is 16.1. The van der Waals surface area contributed by atoms with E-state index in [0.29, 0.717) is 5.69 Å². The predicted molar refractivity (Wildman–Crippen MR) is 84.2 cm³/mol. The summed E-state index contributed by atoms with van der Waals surface area (Å²) in [5.74, 6) is -0.273. The van der Waals surface area contributed by atoms with E-state index in [1.165, 1.54) is 6.21 Å². The van der Waals surface area contributed by atoms with Crippen LogP contribution >= 0.6 is 0 Å². The fourth-order valence-electron chi connectivity index (χ4n) is 2.66. The Bertz CT molecular complexity index is 806. The molecule has 0 saturated carbocycles. The van der Waals surface area contributed by atoms with E-state index in [1.807, 2.05) is 48.5 Å². The van der Waals surface area contributed by atoms with E-state index in [-0.39, 0.29) is 5.92 Å². The molecule has 3 heteroatoms. The Labute approximate surface area is 122 Å². The van der Waals surface area contributed by atoms with Crippen LogP contribution in [0, 0.1) is 5.41 Å². The first-order chi connectivity index (χ1) is 10.3. The molecular formula is C18H14N2O. The lowest BCUT2D eigenvalue weighted by molar-refractivity contribution is 0.111. The van der Waals surface area contributed by atoms with E-state index in [9.17, 15) is 4.79 Å². The minimum Gasteiger partial charge on any atom is -0.312 e. The van der Waals surface area contributed by atoms with Crippen LogP contribution in [0.5, 0.6) is 0 Å². The average Bonchev–Trinajstić information content (AvgIpc) is 2.56. The number of pyridine rings is 1. The van der Waals surface area contributed by atoms with Gasteiger partial charge in [0.25, 0.3) is 0 Å². The van der Waals surface area contributed by atoms with Crippen molar-refractivity contribution in [2.75, 3.05) is 0 Å². The fraction of sp³-hybridized carbons (Fsp3) is 0.0556. The zero-order valence-corrected chi connectivity index (χ0v) is 11.4. The van der Waals surface area contributed by atoms with Crippen molar-refractivity contribution in [3.05, 3.63) is 77.6 Å². The van der Waals surface area contributed by atoms with Crippen LogP contribution in [0.4, 0.5) is 0 Å². The van der Waals surface area contributed by atoms with Crippen molar-refractivity contribution in [1.29, 1.82) is 5.41 Å². The molecule has 21 heavy (non-hydrogen) atoms. The summed E-state index contributed by atoms with van der Waals surface area (Å²) >= 11 is 0. The van der Waals surface area contributed by atoms with Gasteiger partial charge in [-0.15, -0.1) is 0 Å². The van der Waals surface area contributed by atoms with Gasteiger partial charge in [-0.25, -0.2) is 0 Å². The molecule has 3 aromatic rings. The number of carbonyl (C=O) groups is 1. The second-order valence-electron chi connectivity index (χ2n) is 4.81. The number of carbonyl (C=O) groups excluding carboxylic acids is 1. The molecule has 0 bridgehead atoms. The van der Waals surface area contributed by atoms with Gasteiger partial charge in [-0.05, 0) is 28.0 Å². The second-order valence-corrected chi connectivity index (χ2v) is 4.81. The molecule has 2 aromatic carbocycles. The van der Waals surface area contributed by atoms with Gasteiger partial charge in [-0.2, -0.15) is 0 Å². The standard InChI is InChI=1S/C18H14N2O/c19-11-17(16-9-4-10-20-18(16)12-21)15-8-3-6-13-5-1-2-7-14(13)15/h1-12,17,19H. The number of aromatic nitrogens is 1. The molecule has 0 radical (unpaired) electrons. The SMILES string of the molecule is N=CC(c1cccnc1C=O)c1cccc2ccccc12. The van der Waals surface area contributed by atoms with E-state index < -0.39 is 0 Å². The third-order valence-electron chi connectivity index (χ3n) is 3.64. The number of hydrogen-bond acceptors (Lipinski definition) is 3. The summed E-state index contributed by atoms with van der Waals surface area (Å²) in [5.41, 5.74) is 2.16. The molecule has 1 heterocycles. The third kappa shape index (κ3) is 2.34. The average molecular weight is 274 g/mol. The number of benzene rings is 2. The van der Waals surface area contributed by atoms with Gasteiger partial charge < -0.3 is 5.41 Å². The highest BCUT2D eigenvalue weighted by molar-refractivity contribution is 5.91. The van der Waals surface area contributed by atoms with Crippen LogP contribution in [0.3, 0.4) is 0 Å². The summed E-state index contributed by atoms with van der Waals surface area (Å²) in [6, 6.07) is 17.7. The minimum absolute atomic E-state index is 0.273. The molecule has 1 aromatic heterocycles. The van der Waals surface area contributed by atoms with E-state index in [0.717, 1.165) is 28.2 Å². The summed E-state index contributed by atoms with van der Waals surface area (Å²) < 4.78 is 0. The van der Waals surface area contributed by atoms with E-state index in [4.69, 9.17) is 5.41 Å². The van der Waals surface area contributed by atoms with Crippen molar-refractivity contribution >= 4 is 23.3 Å². The third-order valence-corrected chi connectivity index (χ3v) is 3.64. The molecule has 1 N–H and O–H groups in total. The second kappa shape index (κ2) is 5.67. The highest BCUT2D eigenvalue weighted by Crippen LogP contribution is 2.30. The first kappa shape index (κ1) is 13.2. The van der Waals surface area contributed by atoms with E-state index in [1.54, 1.807) is 12.3 Å². The zero-order valence-electron chi connectivity index (χ0n) is 11.4.